The van der Waals surface area contributed by atoms with Crippen LogP contribution in [0.15, 0.2) is 47.3 Å². The minimum atomic E-state index is 0.777. The first-order chi connectivity index (χ1) is 8.36. The number of pyridine rings is 1. The number of nitrogens with zero attached hydrogens (tertiary/aromatic N) is 2. The van der Waals surface area contributed by atoms with Crippen LogP contribution in [0.5, 0.6) is 0 Å². The number of hydrogen-bond donors (Lipinski definition) is 1. The van der Waals surface area contributed by atoms with Crippen LogP contribution in [0.4, 0.5) is 5.82 Å². The fourth-order valence-electron chi connectivity index (χ4n) is 1.89. The SMILES string of the molecule is CCc1cnc2c(c1)C=CC1=CC=CNC1=N2. The quantitative estimate of drug-likeness (QED) is 0.794. The van der Waals surface area contributed by atoms with Gasteiger partial charge in [-0.3, -0.25) is 0 Å². The highest BCUT2D eigenvalue weighted by molar-refractivity contribution is 6.05. The van der Waals surface area contributed by atoms with E-state index in [1.807, 2.05) is 24.5 Å². The highest BCUT2D eigenvalue weighted by Gasteiger charge is 2.12. The lowest BCUT2D eigenvalue weighted by molar-refractivity contribution is 1.09. The molecule has 0 spiro atoms. The van der Waals surface area contributed by atoms with E-state index >= 15 is 0 Å². The normalized spacial score (nSPS) is 16.3. The van der Waals surface area contributed by atoms with Crippen molar-refractivity contribution in [2.45, 2.75) is 13.3 Å². The van der Waals surface area contributed by atoms with Gasteiger partial charge >= 0.3 is 0 Å². The molecular weight excluding hydrogens is 210 g/mol. The molecule has 3 rings (SSSR count). The molecule has 1 aromatic rings. The Kier molecular flexibility index (Phi) is 2.37. The third-order valence-electron chi connectivity index (χ3n) is 2.89. The average Bonchev–Trinajstić information content (AvgIpc) is 2.57. The Morgan fingerprint density at radius 1 is 1.29 bits per heavy atom. The topological polar surface area (TPSA) is 37.3 Å². The maximum absolute atomic E-state index is 4.55. The number of allylic oxidation sites excluding steroid dienone is 2. The molecule has 0 amide bonds. The van der Waals surface area contributed by atoms with Gasteiger partial charge in [0.05, 0.1) is 0 Å². The van der Waals surface area contributed by atoms with E-state index in [4.69, 9.17) is 0 Å². The van der Waals surface area contributed by atoms with E-state index in [1.54, 1.807) is 0 Å². The minimum absolute atomic E-state index is 0.777. The summed E-state index contributed by atoms with van der Waals surface area (Å²) in [7, 11) is 0. The summed E-state index contributed by atoms with van der Waals surface area (Å²) in [5.74, 6) is 1.64. The number of fused-ring (bicyclic) bond motifs is 2. The second kappa shape index (κ2) is 4.01. The molecule has 17 heavy (non-hydrogen) atoms. The third-order valence-corrected chi connectivity index (χ3v) is 2.89. The van der Waals surface area contributed by atoms with Crippen LogP contribution in [0.2, 0.25) is 0 Å². The van der Waals surface area contributed by atoms with E-state index in [0.717, 1.165) is 29.2 Å². The van der Waals surface area contributed by atoms with Crippen LogP contribution >= 0.6 is 0 Å². The molecule has 0 aliphatic carbocycles. The molecule has 3 nitrogen and oxygen atoms in total. The molecule has 2 aliphatic rings. The van der Waals surface area contributed by atoms with E-state index in [1.165, 1.54) is 5.56 Å². The largest absolute Gasteiger partial charge is 0.346 e. The molecule has 1 N–H and O–H groups in total. The molecule has 0 aromatic carbocycles. The number of aryl methyl sites for hydroxylation is 1. The summed E-state index contributed by atoms with van der Waals surface area (Å²) in [4.78, 5) is 8.96. The molecule has 0 saturated carbocycles. The highest BCUT2D eigenvalue weighted by atomic mass is 15.0. The van der Waals surface area contributed by atoms with Gasteiger partial charge in [0.2, 0.25) is 0 Å². The van der Waals surface area contributed by atoms with Gasteiger partial charge < -0.3 is 5.32 Å². The maximum Gasteiger partial charge on any atom is 0.161 e. The molecule has 3 heterocycles. The van der Waals surface area contributed by atoms with Crippen molar-refractivity contribution in [2.24, 2.45) is 4.99 Å². The summed E-state index contributed by atoms with van der Waals surface area (Å²) < 4.78 is 0. The molecule has 1 aromatic heterocycles. The lowest BCUT2D eigenvalue weighted by Gasteiger charge is -2.08. The number of aromatic nitrogens is 1. The molecule has 2 aliphatic heterocycles. The molecular formula is C14H13N3. The maximum atomic E-state index is 4.55. The Hall–Kier alpha value is -2.16. The van der Waals surface area contributed by atoms with Crippen LogP contribution in [0.25, 0.3) is 6.08 Å². The first-order valence-electron chi connectivity index (χ1n) is 5.76. The van der Waals surface area contributed by atoms with Gasteiger partial charge in [0.25, 0.3) is 0 Å². The summed E-state index contributed by atoms with van der Waals surface area (Å²) >= 11 is 0. The van der Waals surface area contributed by atoms with E-state index in [2.05, 4.69) is 40.4 Å². The summed E-state index contributed by atoms with van der Waals surface area (Å²) in [6.07, 6.45) is 12.9. The van der Waals surface area contributed by atoms with Gasteiger partial charge in [-0.2, -0.15) is 0 Å². The number of hydrogen-bond acceptors (Lipinski definition) is 3. The first kappa shape index (κ1) is 10.0. The fourth-order valence-corrected chi connectivity index (χ4v) is 1.89. The smallest absolute Gasteiger partial charge is 0.161 e. The summed E-state index contributed by atoms with van der Waals surface area (Å²) in [5.41, 5.74) is 3.40. The van der Waals surface area contributed by atoms with E-state index in [9.17, 15) is 0 Å². The van der Waals surface area contributed by atoms with Crippen LogP contribution in [0.3, 0.4) is 0 Å². The number of amidine groups is 1. The standard InChI is InChI=1S/C14H13N3/c1-2-10-8-12-6-5-11-4-3-7-15-13(11)17-14(12)16-9-10/h3-9H,2H2,1H3,(H,15,16,17). The van der Waals surface area contributed by atoms with E-state index in [0.29, 0.717) is 0 Å². The van der Waals surface area contributed by atoms with Crippen molar-refractivity contribution in [3.63, 3.8) is 0 Å². The second-order valence-corrected chi connectivity index (χ2v) is 4.03. The van der Waals surface area contributed by atoms with Crippen molar-refractivity contribution in [2.75, 3.05) is 0 Å². The van der Waals surface area contributed by atoms with Crippen molar-refractivity contribution in [1.29, 1.82) is 0 Å². The monoisotopic (exact) mass is 223 g/mol. The zero-order valence-electron chi connectivity index (χ0n) is 9.64. The van der Waals surface area contributed by atoms with Gasteiger partial charge in [-0.15, -0.1) is 0 Å². The number of aliphatic imine (C=N–C) groups is 1. The predicted octanol–water partition coefficient (Wildman–Crippen LogP) is 2.74. The Bertz CT molecular complexity index is 577. The molecule has 0 bridgehead atoms. The van der Waals surface area contributed by atoms with Crippen LogP contribution < -0.4 is 5.32 Å². The van der Waals surface area contributed by atoms with Crippen molar-refractivity contribution in [3.05, 3.63) is 53.4 Å². The van der Waals surface area contributed by atoms with Crippen LogP contribution in [-0.4, -0.2) is 10.8 Å². The molecule has 0 radical (unpaired) electrons. The van der Waals surface area contributed by atoms with Crippen LogP contribution in [-0.2, 0) is 6.42 Å². The number of nitrogens with one attached hydrogen (secondary N) is 1. The van der Waals surface area contributed by atoms with Crippen LogP contribution in [0, 0.1) is 0 Å². The minimum Gasteiger partial charge on any atom is -0.346 e. The Labute approximate surface area is 100 Å². The fraction of sp³-hybridized carbons (Fsp3) is 0.143. The summed E-state index contributed by atoms with van der Waals surface area (Å²) in [6, 6.07) is 2.15. The molecule has 3 heteroatoms. The Balaban J connectivity index is 2.13. The van der Waals surface area contributed by atoms with Crippen molar-refractivity contribution < 1.29 is 0 Å². The zero-order chi connectivity index (χ0) is 11.7. The van der Waals surface area contributed by atoms with Gasteiger partial charge in [-0.25, -0.2) is 9.98 Å². The van der Waals surface area contributed by atoms with Gasteiger partial charge in [0.1, 0.15) is 5.84 Å². The van der Waals surface area contributed by atoms with Gasteiger partial charge in [-0.1, -0.05) is 19.1 Å². The molecule has 0 fully saturated rings. The van der Waals surface area contributed by atoms with Crippen molar-refractivity contribution >= 4 is 17.7 Å². The summed E-state index contributed by atoms with van der Waals surface area (Å²) in [6.45, 7) is 2.13. The first-order valence-corrected chi connectivity index (χ1v) is 5.76. The predicted molar refractivity (Wildman–Crippen MR) is 70.1 cm³/mol. The zero-order valence-corrected chi connectivity index (χ0v) is 9.64. The number of rotatable bonds is 1. The van der Waals surface area contributed by atoms with Gasteiger partial charge in [0, 0.05) is 23.5 Å². The highest BCUT2D eigenvalue weighted by Crippen LogP contribution is 2.24. The van der Waals surface area contributed by atoms with E-state index < -0.39 is 0 Å². The van der Waals surface area contributed by atoms with Gasteiger partial charge in [0.15, 0.2) is 5.82 Å². The van der Waals surface area contributed by atoms with E-state index in [-0.39, 0.29) is 0 Å². The average molecular weight is 223 g/mol. The lowest BCUT2D eigenvalue weighted by Crippen LogP contribution is -2.20. The van der Waals surface area contributed by atoms with Gasteiger partial charge in [-0.05, 0) is 30.2 Å². The molecule has 84 valence electrons. The molecule has 0 saturated heterocycles. The third kappa shape index (κ3) is 1.80. The van der Waals surface area contributed by atoms with Crippen LogP contribution in [0.1, 0.15) is 18.1 Å². The lowest BCUT2D eigenvalue weighted by atomic mass is 10.1. The molecule has 0 unspecified atom stereocenters. The summed E-state index contributed by atoms with van der Waals surface area (Å²) in [5, 5.41) is 3.14. The Morgan fingerprint density at radius 2 is 2.24 bits per heavy atom. The number of dihydropyridines is 1. The second-order valence-electron chi connectivity index (χ2n) is 4.03. The Morgan fingerprint density at radius 3 is 3.12 bits per heavy atom. The van der Waals surface area contributed by atoms with Crippen molar-refractivity contribution in [3.8, 4) is 0 Å². The molecule has 0 atom stereocenters. The van der Waals surface area contributed by atoms with Crippen molar-refractivity contribution in [1.82, 2.24) is 10.3 Å².